The second-order valence-electron chi connectivity index (χ2n) is 14.7. The minimum Gasteiger partial charge on any atom is -0.444 e. The summed E-state index contributed by atoms with van der Waals surface area (Å²) in [5, 5.41) is 10.7. The minimum atomic E-state index is -4.69. The molecule has 1 aromatic carbocycles. The number of hydrogen-bond donors (Lipinski definition) is 3. The van der Waals surface area contributed by atoms with E-state index in [9.17, 15) is 18.0 Å². The Kier molecular flexibility index (Phi) is 9.98. The van der Waals surface area contributed by atoms with Gasteiger partial charge in [-0.3, -0.25) is 0 Å². The van der Waals surface area contributed by atoms with Crippen molar-refractivity contribution in [1.82, 2.24) is 25.4 Å². The summed E-state index contributed by atoms with van der Waals surface area (Å²) in [6, 6.07) is 5.93. The van der Waals surface area contributed by atoms with Crippen molar-refractivity contribution in [3.05, 3.63) is 58.7 Å². The predicted octanol–water partition coefficient (Wildman–Crippen LogP) is 8.55. The number of H-pyrrole nitrogens is 1. The van der Waals surface area contributed by atoms with Gasteiger partial charge in [-0.25, -0.2) is 14.8 Å². The molecule has 0 bridgehead atoms. The third-order valence-corrected chi connectivity index (χ3v) is 10.1. The van der Waals surface area contributed by atoms with Crippen molar-refractivity contribution in [3.63, 3.8) is 0 Å². The Morgan fingerprint density at radius 2 is 1.88 bits per heavy atom. The molecule has 0 aliphatic heterocycles. The monoisotopic (exact) mass is 686 g/mol. The largest absolute Gasteiger partial charge is 0.444 e. The predicted molar refractivity (Wildman–Crippen MR) is 181 cm³/mol. The van der Waals surface area contributed by atoms with Gasteiger partial charge in [-0.15, -0.1) is 0 Å². The van der Waals surface area contributed by atoms with Crippen LogP contribution in [-0.4, -0.2) is 58.6 Å². The van der Waals surface area contributed by atoms with Crippen LogP contribution in [0.5, 0.6) is 0 Å². The third kappa shape index (κ3) is 8.38. The molecule has 1 amide bonds. The van der Waals surface area contributed by atoms with Gasteiger partial charge in [-0.1, -0.05) is 36.9 Å². The van der Waals surface area contributed by atoms with Crippen molar-refractivity contribution in [1.29, 1.82) is 0 Å². The summed E-state index contributed by atoms with van der Waals surface area (Å²) in [7, 11) is -1.38. The molecule has 14 heteroatoms. The highest BCUT2D eigenvalue weighted by Gasteiger charge is 2.37. The average molecular weight is 687 g/mol. The standard InChI is InChI=1S/C34H45F3N6O4Si/c1-19-28(20(2)47-43-19)30(45-14-15-48(6,7)8)21-12-13-22-23(17-38-27(22)16-21)29-24(34(35,36)37)18-39-31(42-29)40-25-10-9-11-26(25)41-32(44)46-33(3,4)5/h12-13,16-18,25-26,30,38H,9-11,14-15H2,1-8H3,(H,41,44)(H,39,40,42)/t25-,26?,30?/m0/s1. The van der Waals surface area contributed by atoms with Gasteiger partial charge >= 0.3 is 12.3 Å². The van der Waals surface area contributed by atoms with Gasteiger partial charge in [-0.05, 0) is 71.6 Å². The first kappa shape index (κ1) is 35.4. The molecule has 3 atom stereocenters. The van der Waals surface area contributed by atoms with Crippen LogP contribution >= 0.6 is 0 Å². The summed E-state index contributed by atoms with van der Waals surface area (Å²) in [4.78, 5) is 24.0. The SMILES string of the molecule is Cc1noc(C)c1C(OCC[Si](C)(C)C)c1ccc2c(-c3nc(N[C@H]4CCCC4NC(=O)OC(C)(C)C)ncc3C(F)(F)F)c[nH]c2c1. The zero-order valence-electron chi connectivity index (χ0n) is 28.8. The lowest BCUT2D eigenvalue weighted by atomic mass is 9.97. The molecule has 1 aliphatic rings. The number of halogens is 3. The van der Waals surface area contributed by atoms with E-state index in [2.05, 4.69) is 50.4 Å². The Balaban J connectivity index is 1.46. The van der Waals surface area contributed by atoms with Crippen LogP contribution in [0.1, 0.15) is 74.3 Å². The maximum absolute atomic E-state index is 14.3. The van der Waals surface area contributed by atoms with Gasteiger partial charge in [-0.2, -0.15) is 13.2 Å². The lowest BCUT2D eigenvalue weighted by Gasteiger charge is -2.25. The van der Waals surface area contributed by atoms with Crippen LogP contribution < -0.4 is 10.6 Å². The summed E-state index contributed by atoms with van der Waals surface area (Å²) in [6.07, 6.45) is -1.17. The lowest BCUT2D eigenvalue weighted by Crippen LogP contribution is -2.45. The molecule has 260 valence electrons. The average Bonchev–Trinajstić information content (AvgIpc) is 3.67. The first-order valence-electron chi connectivity index (χ1n) is 16.3. The van der Waals surface area contributed by atoms with Crippen molar-refractivity contribution in [2.45, 2.75) is 110 Å². The lowest BCUT2D eigenvalue weighted by molar-refractivity contribution is -0.137. The first-order chi connectivity index (χ1) is 22.4. The molecule has 1 fully saturated rings. The van der Waals surface area contributed by atoms with E-state index in [0.717, 1.165) is 35.5 Å². The van der Waals surface area contributed by atoms with Gasteiger partial charge in [0.15, 0.2) is 0 Å². The van der Waals surface area contributed by atoms with Gasteiger partial charge < -0.3 is 29.6 Å². The number of ether oxygens (including phenoxy) is 2. The van der Waals surface area contributed by atoms with E-state index in [1.165, 1.54) is 6.20 Å². The highest BCUT2D eigenvalue weighted by molar-refractivity contribution is 6.76. The molecular formula is C34H45F3N6O4Si. The Morgan fingerprint density at radius 1 is 1.15 bits per heavy atom. The van der Waals surface area contributed by atoms with E-state index in [-0.39, 0.29) is 29.3 Å². The molecule has 1 aliphatic carbocycles. The van der Waals surface area contributed by atoms with Crippen molar-refractivity contribution < 1.29 is 32.0 Å². The van der Waals surface area contributed by atoms with Gasteiger partial charge in [0.25, 0.3) is 0 Å². The number of carbonyl (C=O) groups excluding carboxylic acids is 1. The van der Waals surface area contributed by atoms with E-state index in [0.29, 0.717) is 36.1 Å². The number of aromatic amines is 1. The summed E-state index contributed by atoms with van der Waals surface area (Å²) in [5.74, 6) is 0.695. The summed E-state index contributed by atoms with van der Waals surface area (Å²) >= 11 is 0. The van der Waals surface area contributed by atoms with E-state index in [1.54, 1.807) is 26.8 Å². The Hall–Kier alpha value is -3.91. The fourth-order valence-electron chi connectivity index (χ4n) is 5.99. The first-order valence-corrected chi connectivity index (χ1v) is 20.0. The van der Waals surface area contributed by atoms with Crippen LogP contribution in [0.15, 0.2) is 35.1 Å². The molecule has 0 saturated heterocycles. The van der Waals surface area contributed by atoms with Gasteiger partial charge in [0.1, 0.15) is 23.0 Å². The van der Waals surface area contributed by atoms with Crippen LogP contribution in [0.25, 0.3) is 22.2 Å². The van der Waals surface area contributed by atoms with E-state index in [4.69, 9.17) is 14.0 Å². The van der Waals surface area contributed by atoms with Crippen molar-refractivity contribution in [2.75, 3.05) is 11.9 Å². The molecule has 0 spiro atoms. The number of alkyl halides is 3. The molecule has 1 saturated carbocycles. The fraction of sp³-hybridized carbons (Fsp3) is 0.529. The summed E-state index contributed by atoms with van der Waals surface area (Å²) in [6.45, 7) is 16.4. The summed E-state index contributed by atoms with van der Waals surface area (Å²) < 4.78 is 60.3. The molecule has 0 radical (unpaired) electrons. The van der Waals surface area contributed by atoms with E-state index < -0.39 is 37.6 Å². The van der Waals surface area contributed by atoms with Gasteiger partial charge in [0, 0.05) is 49.6 Å². The Labute approximate surface area is 279 Å². The number of nitrogens with one attached hydrogen (secondary N) is 3. The fourth-order valence-corrected chi connectivity index (χ4v) is 6.72. The second kappa shape index (κ2) is 13.5. The van der Waals surface area contributed by atoms with Crippen molar-refractivity contribution in [2.24, 2.45) is 0 Å². The molecule has 2 unspecified atom stereocenters. The maximum atomic E-state index is 14.3. The third-order valence-electron chi connectivity index (χ3n) is 8.38. The zero-order valence-corrected chi connectivity index (χ0v) is 29.8. The minimum absolute atomic E-state index is 0.0427. The number of aryl methyl sites for hydroxylation is 2. The van der Waals surface area contributed by atoms with Crippen LogP contribution in [0.4, 0.5) is 23.9 Å². The number of fused-ring (bicyclic) bond motifs is 1. The normalized spacial score (nSPS) is 17.9. The zero-order chi connectivity index (χ0) is 35.0. The highest BCUT2D eigenvalue weighted by atomic mass is 28.3. The molecular weight excluding hydrogens is 641 g/mol. The number of amides is 1. The quantitative estimate of drug-likeness (QED) is 0.142. The number of nitrogens with zero attached hydrogens (tertiary/aromatic N) is 3. The van der Waals surface area contributed by atoms with Crippen molar-refractivity contribution >= 4 is 31.0 Å². The Morgan fingerprint density at radius 3 is 2.52 bits per heavy atom. The highest BCUT2D eigenvalue weighted by Crippen LogP contribution is 2.40. The number of alkyl carbamates (subject to hydrolysis) is 1. The van der Waals surface area contributed by atoms with E-state index in [1.807, 2.05) is 26.0 Å². The van der Waals surface area contributed by atoms with Crippen LogP contribution in [0, 0.1) is 13.8 Å². The summed E-state index contributed by atoms with van der Waals surface area (Å²) in [5.41, 5.74) is 1.45. The number of carbonyl (C=O) groups is 1. The van der Waals surface area contributed by atoms with Crippen molar-refractivity contribution in [3.8, 4) is 11.3 Å². The number of anilines is 1. The molecule has 3 aromatic heterocycles. The molecule has 3 heterocycles. The number of hydrogen-bond acceptors (Lipinski definition) is 8. The number of aromatic nitrogens is 4. The molecule has 4 aromatic rings. The smallest absolute Gasteiger partial charge is 0.419 e. The topological polar surface area (TPSA) is 127 Å². The molecule has 3 N–H and O–H groups in total. The molecule has 10 nitrogen and oxygen atoms in total. The Bertz CT molecular complexity index is 1740. The molecule has 5 rings (SSSR count). The maximum Gasteiger partial charge on any atom is 0.419 e. The van der Waals surface area contributed by atoms with Gasteiger partial charge in [0.2, 0.25) is 5.95 Å². The van der Waals surface area contributed by atoms with Crippen LogP contribution in [-0.2, 0) is 15.7 Å². The van der Waals surface area contributed by atoms with E-state index >= 15 is 0 Å². The second-order valence-corrected chi connectivity index (χ2v) is 20.3. The van der Waals surface area contributed by atoms with Crippen LogP contribution in [0.2, 0.25) is 25.7 Å². The van der Waals surface area contributed by atoms with Gasteiger partial charge in [0.05, 0.1) is 23.0 Å². The van der Waals surface area contributed by atoms with Crippen LogP contribution in [0.3, 0.4) is 0 Å². The number of benzene rings is 1. The molecule has 48 heavy (non-hydrogen) atoms. The number of rotatable bonds is 10.